The first-order valence-electron chi connectivity index (χ1n) is 5.77. The van der Waals surface area contributed by atoms with E-state index < -0.39 is 0 Å². The molecule has 0 unspecified atom stereocenters. The molecule has 2 fully saturated rings. The molecule has 14 heavy (non-hydrogen) atoms. The van der Waals surface area contributed by atoms with Gasteiger partial charge in [0, 0.05) is 13.1 Å². The van der Waals surface area contributed by atoms with Gasteiger partial charge in [0.1, 0.15) is 0 Å². The summed E-state index contributed by atoms with van der Waals surface area (Å²) >= 11 is 0. The zero-order valence-corrected chi connectivity index (χ0v) is 9.01. The molecule has 1 saturated heterocycles. The SMILES string of the molecule is CNC1(C(=O)N2CCCCC2)CCC1. The van der Waals surface area contributed by atoms with Crippen molar-refractivity contribution in [3.63, 3.8) is 0 Å². The lowest BCUT2D eigenvalue weighted by molar-refractivity contribution is -0.142. The summed E-state index contributed by atoms with van der Waals surface area (Å²) in [5.74, 6) is 0.353. The molecule has 1 aliphatic heterocycles. The van der Waals surface area contributed by atoms with Gasteiger partial charge < -0.3 is 10.2 Å². The van der Waals surface area contributed by atoms with Crippen molar-refractivity contribution in [2.75, 3.05) is 20.1 Å². The van der Waals surface area contributed by atoms with E-state index in [1.54, 1.807) is 0 Å². The van der Waals surface area contributed by atoms with E-state index in [4.69, 9.17) is 0 Å². The normalized spacial score (nSPS) is 25.6. The third-order valence-corrected chi connectivity index (χ3v) is 3.74. The summed E-state index contributed by atoms with van der Waals surface area (Å²) in [5, 5.41) is 3.22. The van der Waals surface area contributed by atoms with Crippen LogP contribution in [0.25, 0.3) is 0 Å². The fourth-order valence-electron chi connectivity index (χ4n) is 2.50. The second-order valence-corrected chi connectivity index (χ2v) is 4.54. The van der Waals surface area contributed by atoms with Gasteiger partial charge in [0.25, 0.3) is 0 Å². The summed E-state index contributed by atoms with van der Waals surface area (Å²) in [6.45, 7) is 1.95. The number of piperidine rings is 1. The van der Waals surface area contributed by atoms with Gasteiger partial charge in [-0.3, -0.25) is 4.79 Å². The van der Waals surface area contributed by atoms with Gasteiger partial charge in [0.15, 0.2) is 0 Å². The Bertz CT molecular complexity index is 212. The molecular formula is C11H20N2O. The quantitative estimate of drug-likeness (QED) is 0.718. The molecule has 0 spiro atoms. The van der Waals surface area contributed by atoms with Crippen molar-refractivity contribution >= 4 is 5.91 Å². The van der Waals surface area contributed by atoms with E-state index in [0.29, 0.717) is 5.91 Å². The van der Waals surface area contributed by atoms with Crippen molar-refractivity contribution in [1.82, 2.24) is 10.2 Å². The molecule has 3 nitrogen and oxygen atoms in total. The van der Waals surface area contributed by atoms with Crippen molar-refractivity contribution in [1.29, 1.82) is 0 Å². The summed E-state index contributed by atoms with van der Waals surface area (Å²) in [6.07, 6.45) is 6.91. The van der Waals surface area contributed by atoms with Crippen molar-refractivity contribution in [3.05, 3.63) is 0 Å². The van der Waals surface area contributed by atoms with Crippen molar-refractivity contribution < 1.29 is 4.79 Å². The lowest BCUT2D eigenvalue weighted by atomic mass is 9.75. The van der Waals surface area contributed by atoms with Gasteiger partial charge in [-0.15, -0.1) is 0 Å². The Balaban J connectivity index is 1.98. The van der Waals surface area contributed by atoms with E-state index in [1.807, 2.05) is 7.05 Å². The van der Waals surface area contributed by atoms with E-state index in [1.165, 1.54) is 25.7 Å². The maximum atomic E-state index is 12.2. The van der Waals surface area contributed by atoms with Crippen LogP contribution in [0.4, 0.5) is 0 Å². The molecule has 0 atom stereocenters. The average Bonchev–Trinajstić information content (AvgIpc) is 2.18. The average molecular weight is 196 g/mol. The Morgan fingerprint density at radius 1 is 1.14 bits per heavy atom. The van der Waals surface area contributed by atoms with Crippen LogP contribution in [0.15, 0.2) is 0 Å². The molecule has 2 aliphatic rings. The fraction of sp³-hybridized carbons (Fsp3) is 0.909. The molecule has 80 valence electrons. The highest BCUT2D eigenvalue weighted by Crippen LogP contribution is 2.33. The highest BCUT2D eigenvalue weighted by molar-refractivity contribution is 5.87. The summed E-state index contributed by atoms with van der Waals surface area (Å²) in [7, 11) is 1.92. The van der Waals surface area contributed by atoms with Gasteiger partial charge in [-0.05, 0) is 45.6 Å². The minimum atomic E-state index is -0.183. The minimum Gasteiger partial charge on any atom is -0.341 e. The van der Waals surface area contributed by atoms with Crippen LogP contribution in [0.3, 0.4) is 0 Å². The number of nitrogens with one attached hydrogen (secondary N) is 1. The van der Waals surface area contributed by atoms with Crippen molar-refractivity contribution in [2.24, 2.45) is 0 Å². The summed E-state index contributed by atoms with van der Waals surface area (Å²) in [6, 6.07) is 0. The number of carbonyl (C=O) groups excluding carboxylic acids is 1. The molecule has 0 radical (unpaired) electrons. The number of likely N-dealkylation sites (tertiary alicyclic amines) is 1. The van der Waals surface area contributed by atoms with Gasteiger partial charge in [0.05, 0.1) is 5.54 Å². The molecule has 0 aromatic heterocycles. The number of rotatable bonds is 2. The number of amides is 1. The van der Waals surface area contributed by atoms with Crippen molar-refractivity contribution in [2.45, 2.75) is 44.1 Å². The molecule has 3 heteroatoms. The van der Waals surface area contributed by atoms with Crippen LogP contribution in [-0.2, 0) is 4.79 Å². The Labute approximate surface area is 85.8 Å². The van der Waals surface area contributed by atoms with E-state index in [0.717, 1.165) is 25.9 Å². The molecular weight excluding hydrogens is 176 g/mol. The lowest BCUT2D eigenvalue weighted by Crippen LogP contribution is -2.61. The Hall–Kier alpha value is -0.570. The van der Waals surface area contributed by atoms with E-state index in [9.17, 15) is 4.79 Å². The monoisotopic (exact) mass is 196 g/mol. The first kappa shape index (κ1) is 9.97. The van der Waals surface area contributed by atoms with E-state index in [2.05, 4.69) is 10.2 Å². The van der Waals surface area contributed by atoms with Gasteiger partial charge in [-0.2, -0.15) is 0 Å². The van der Waals surface area contributed by atoms with Gasteiger partial charge in [0.2, 0.25) is 5.91 Å². The fourth-order valence-corrected chi connectivity index (χ4v) is 2.50. The van der Waals surface area contributed by atoms with Crippen LogP contribution < -0.4 is 5.32 Å². The molecule has 2 rings (SSSR count). The molecule has 1 N–H and O–H groups in total. The number of nitrogens with zero attached hydrogens (tertiary/aromatic N) is 1. The molecule has 1 aliphatic carbocycles. The van der Waals surface area contributed by atoms with Crippen LogP contribution in [-0.4, -0.2) is 36.5 Å². The topological polar surface area (TPSA) is 32.3 Å². The Kier molecular flexibility index (Phi) is 2.77. The lowest BCUT2D eigenvalue weighted by Gasteiger charge is -2.44. The standard InChI is InChI=1S/C11H20N2O/c1-12-11(6-5-7-11)10(14)13-8-3-2-4-9-13/h12H,2-9H2,1H3. The number of carbonyl (C=O) groups is 1. The van der Waals surface area contributed by atoms with Gasteiger partial charge in [-0.25, -0.2) is 0 Å². The first-order chi connectivity index (χ1) is 6.78. The number of likely N-dealkylation sites (N-methyl/N-ethyl adjacent to an activating group) is 1. The Morgan fingerprint density at radius 2 is 1.79 bits per heavy atom. The second-order valence-electron chi connectivity index (χ2n) is 4.54. The summed E-state index contributed by atoms with van der Waals surface area (Å²) in [4.78, 5) is 14.3. The van der Waals surface area contributed by atoms with Crippen molar-refractivity contribution in [3.8, 4) is 0 Å². The maximum Gasteiger partial charge on any atom is 0.242 e. The Morgan fingerprint density at radius 3 is 2.21 bits per heavy atom. The molecule has 1 heterocycles. The number of hydrogen-bond acceptors (Lipinski definition) is 2. The van der Waals surface area contributed by atoms with E-state index >= 15 is 0 Å². The van der Waals surface area contributed by atoms with Crippen LogP contribution >= 0.6 is 0 Å². The van der Waals surface area contributed by atoms with Crippen LogP contribution in [0.5, 0.6) is 0 Å². The predicted molar refractivity (Wildman–Crippen MR) is 56.1 cm³/mol. The molecule has 0 aromatic rings. The first-order valence-corrected chi connectivity index (χ1v) is 5.77. The van der Waals surface area contributed by atoms with E-state index in [-0.39, 0.29) is 5.54 Å². The summed E-state index contributed by atoms with van der Waals surface area (Å²) < 4.78 is 0. The molecule has 0 aromatic carbocycles. The maximum absolute atomic E-state index is 12.2. The van der Waals surface area contributed by atoms with Crippen LogP contribution in [0.1, 0.15) is 38.5 Å². The third kappa shape index (κ3) is 1.54. The largest absolute Gasteiger partial charge is 0.341 e. The minimum absolute atomic E-state index is 0.183. The molecule has 1 saturated carbocycles. The van der Waals surface area contributed by atoms with Gasteiger partial charge >= 0.3 is 0 Å². The zero-order chi connectivity index (χ0) is 10.0. The highest BCUT2D eigenvalue weighted by atomic mass is 16.2. The second kappa shape index (κ2) is 3.89. The van der Waals surface area contributed by atoms with Crippen LogP contribution in [0.2, 0.25) is 0 Å². The molecule has 1 amide bonds. The van der Waals surface area contributed by atoms with Gasteiger partial charge in [-0.1, -0.05) is 0 Å². The third-order valence-electron chi connectivity index (χ3n) is 3.74. The molecule has 0 bridgehead atoms. The van der Waals surface area contributed by atoms with Crippen LogP contribution in [0, 0.1) is 0 Å². The zero-order valence-electron chi connectivity index (χ0n) is 9.01. The highest BCUT2D eigenvalue weighted by Gasteiger charge is 2.44. The number of hydrogen-bond donors (Lipinski definition) is 1. The smallest absolute Gasteiger partial charge is 0.242 e. The summed E-state index contributed by atoms with van der Waals surface area (Å²) in [5.41, 5.74) is -0.183. The predicted octanol–water partition coefficient (Wildman–Crippen LogP) is 1.14.